The van der Waals surface area contributed by atoms with Gasteiger partial charge in [-0.3, -0.25) is 0 Å². The lowest BCUT2D eigenvalue weighted by atomic mass is 10.1. The molecule has 0 heterocycles. The van der Waals surface area contributed by atoms with Crippen LogP contribution in [0.15, 0.2) is 46.2 Å². The second-order valence-corrected chi connectivity index (χ2v) is 5.78. The van der Waals surface area contributed by atoms with E-state index in [1.54, 1.807) is 13.0 Å². The van der Waals surface area contributed by atoms with Gasteiger partial charge in [0.2, 0.25) is 0 Å². The van der Waals surface area contributed by atoms with E-state index in [0.29, 0.717) is 5.56 Å². The van der Waals surface area contributed by atoms with Gasteiger partial charge in [-0.05, 0) is 50.1 Å². The molecule has 0 aliphatic heterocycles. The minimum atomic E-state index is -0.811. The third-order valence-corrected chi connectivity index (χ3v) is 4.23. The fourth-order valence-corrected chi connectivity index (χ4v) is 3.18. The number of aryl methyl sites for hydroxylation is 2. The van der Waals surface area contributed by atoms with Crippen molar-refractivity contribution >= 4 is 11.8 Å². The Morgan fingerprint density at radius 2 is 1.84 bits per heavy atom. The third kappa shape index (κ3) is 3.17. The van der Waals surface area contributed by atoms with Gasteiger partial charge in [0.25, 0.3) is 0 Å². The van der Waals surface area contributed by atoms with Crippen LogP contribution >= 0.6 is 11.8 Å². The summed E-state index contributed by atoms with van der Waals surface area (Å²) in [6.45, 7) is 5.65. The molecule has 2 aromatic carbocycles. The van der Waals surface area contributed by atoms with Crippen molar-refractivity contribution in [2.45, 2.75) is 36.7 Å². The quantitative estimate of drug-likeness (QED) is 0.880. The zero-order valence-corrected chi connectivity index (χ0v) is 12.1. The number of hydrogen-bond donors (Lipinski definition) is 1. The smallest absolute Gasteiger partial charge is 0.130 e. The molecule has 1 nitrogen and oxygen atoms in total. The third-order valence-electron chi connectivity index (χ3n) is 2.99. The molecule has 0 saturated carbocycles. The van der Waals surface area contributed by atoms with Crippen LogP contribution in [0.3, 0.4) is 0 Å². The van der Waals surface area contributed by atoms with Crippen molar-refractivity contribution < 1.29 is 9.50 Å². The van der Waals surface area contributed by atoms with Gasteiger partial charge in [0.15, 0.2) is 0 Å². The van der Waals surface area contributed by atoms with Crippen molar-refractivity contribution in [1.29, 1.82) is 0 Å². The molecule has 0 radical (unpaired) electrons. The van der Waals surface area contributed by atoms with Crippen molar-refractivity contribution in [3.8, 4) is 0 Å². The van der Waals surface area contributed by atoms with E-state index in [-0.39, 0.29) is 5.82 Å². The predicted octanol–water partition coefficient (Wildman–Crippen LogP) is 4.65. The van der Waals surface area contributed by atoms with Gasteiger partial charge in [-0.1, -0.05) is 30.0 Å². The minimum absolute atomic E-state index is 0.356. The summed E-state index contributed by atoms with van der Waals surface area (Å²) < 4.78 is 13.8. The maximum Gasteiger partial charge on any atom is 0.130 e. The van der Waals surface area contributed by atoms with Gasteiger partial charge in [0.05, 0.1) is 6.10 Å². The van der Waals surface area contributed by atoms with Crippen LogP contribution in [0.2, 0.25) is 0 Å². The summed E-state index contributed by atoms with van der Waals surface area (Å²) in [6, 6.07) is 11.1. The first-order valence-electron chi connectivity index (χ1n) is 6.20. The number of halogens is 1. The lowest BCUT2D eigenvalue weighted by Crippen LogP contribution is -1.98. The molecule has 0 amide bonds. The normalized spacial score (nSPS) is 12.5. The molecule has 2 aromatic rings. The first kappa shape index (κ1) is 14.1. The molecule has 0 unspecified atom stereocenters. The Morgan fingerprint density at radius 3 is 2.53 bits per heavy atom. The van der Waals surface area contributed by atoms with Gasteiger partial charge in [-0.25, -0.2) is 4.39 Å². The van der Waals surface area contributed by atoms with E-state index < -0.39 is 6.10 Å². The average molecular weight is 276 g/mol. The summed E-state index contributed by atoms with van der Waals surface area (Å²) in [7, 11) is 0. The lowest BCUT2D eigenvalue weighted by molar-refractivity contribution is 0.191. The molecule has 0 aromatic heterocycles. The van der Waals surface area contributed by atoms with Crippen molar-refractivity contribution in [1.82, 2.24) is 0 Å². The van der Waals surface area contributed by atoms with E-state index >= 15 is 0 Å². The van der Waals surface area contributed by atoms with Crippen molar-refractivity contribution in [3.63, 3.8) is 0 Å². The van der Waals surface area contributed by atoms with Crippen LogP contribution in [0.5, 0.6) is 0 Å². The second-order valence-electron chi connectivity index (χ2n) is 4.70. The zero-order valence-electron chi connectivity index (χ0n) is 11.3. The maximum atomic E-state index is 13.8. The Labute approximate surface area is 117 Å². The van der Waals surface area contributed by atoms with E-state index in [4.69, 9.17) is 0 Å². The number of benzene rings is 2. The molecule has 100 valence electrons. The van der Waals surface area contributed by atoms with Crippen LogP contribution in [0.1, 0.15) is 29.7 Å². The van der Waals surface area contributed by atoms with E-state index in [0.717, 1.165) is 15.4 Å². The standard InChI is InChI=1S/C16H17FOS/c1-10-7-8-11(2)15(9-10)19-14-6-4-5-13(17)16(14)12(3)18/h4-9,12,18H,1-3H3/t12-/m1/s1. The summed E-state index contributed by atoms with van der Waals surface area (Å²) in [5, 5.41) is 9.73. The second kappa shape index (κ2) is 5.76. The average Bonchev–Trinajstić information content (AvgIpc) is 2.33. The SMILES string of the molecule is Cc1ccc(C)c(Sc2cccc(F)c2[C@@H](C)O)c1. The number of aliphatic hydroxyl groups is 1. The maximum absolute atomic E-state index is 13.8. The van der Waals surface area contributed by atoms with Crippen LogP contribution < -0.4 is 0 Å². The van der Waals surface area contributed by atoms with E-state index in [2.05, 4.69) is 18.2 Å². The van der Waals surface area contributed by atoms with Crippen molar-refractivity contribution in [2.75, 3.05) is 0 Å². The van der Waals surface area contributed by atoms with Gasteiger partial charge in [0, 0.05) is 15.4 Å². The Morgan fingerprint density at radius 1 is 1.11 bits per heavy atom. The highest BCUT2D eigenvalue weighted by atomic mass is 32.2. The lowest BCUT2D eigenvalue weighted by Gasteiger charge is -2.14. The molecular formula is C16H17FOS. The van der Waals surface area contributed by atoms with Gasteiger partial charge in [-0.15, -0.1) is 0 Å². The number of hydrogen-bond acceptors (Lipinski definition) is 2. The van der Waals surface area contributed by atoms with Crippen LogP contribution in [0.4, 0.5) is 4.39 Å². The zero-order chi connectivity index (χ0) is 14.0. The largest absolute Gasteiger partial charge is 0.389 e. The fraction of sp³-hybridized carbons (Fsp3) is 0.250. The van der Waals surface area contributed by atoms with Gasteiger partial charge < -0.3 is 5.11 Å². The van der Waals surface area contributed by atoms with E-state index in [9.17, 15) is 9.50 Å². The minimum Gasteiger partial charge on any atom is -0.389 e. The summed E-state index contributed by atoms with van der Waals surface area (Å²) in [4.78, 5) is 1.86. The molecule has 0 saturated heterocycles. The first-order chi connectivity index (χ1) is 8.99. The molecule has 0 aliphatic carbocycles. The first-order valence-corrected chi connectivity index (χ1v) is 7.02. The molecule has 0 bridgehead atoms. The molecule has 2 rings (SSSR count). The molecular weight excluding hydrogens is 259 g/mol. The highest BCUT2D eigenvalue weighted by molar-refractivity contribution is 7.99. The number of rotatable bonds is 3. The van der Waals surface area contributed by atoms with E-state index in [1.807, 2.05) is 19.9 Å². The van der Waals surface area contributed by atoms with Gasteiger partial charge >= 0.3 is 0 Å². The molecule has 0 fully saturated rings. The Hall–Kier alpha value is -1.32. The summed E-state index contributed by atoms with van der Waals surface area (Å²) in [6.07, 6.45) is -0.811. The summed E-state index contributed by atoms with van der Waals surface area (Å²) in [5.74, 6) is -0.356. The van der Waals surface area contributed by atoms with E-state index in [1.165, 1.54) is 23.4 Å². The van der Waals surface area contributed by atoms with Crippen LogP contribution in [-0.2, 0) is 0 Å². The van der Waals surface area contributed by atoms with Gasteiger partial charge in [-0.2, -0.15) is 0 Å². The number of aliphatic hydroxyl groups excluding tert-OH is 1. The van der Waals surface area contributed by atoms with Crippen molar-refractivity contribution in [3.05, 3.63) is 58.9 Å². The Kier molecular flexibility index (Phi) is 4.27. The summed E-state index contributed by atoms with van der Waals surface area (Å²) in [5.41, 5.74) is 2.69. The Bertz CT molecular complexity index is 593. The van der Waals surface area contributed by atoms with Gasteiger partial charge in [0.1, 0.15) is 5.82 Å². The van der Waals surface area contributed by atoms with Crippen molar-refractivity contribution in [2.24, 2.45) is 0 Å². The van der Waals surface area contributed by atoms with Crippen LogP contribution in [0.25, 0.3) is 0 Å². The fourth-order valence-electron chi connectivity index (χ4n) is 1.95. The molecule has 1 N–H and O–H groups in total. The Balaban J connectivity index is 2.44. The molecule has 1 atom stereocenters. The monoisotopic (exact) mass is 276 g/mol. The topological polar surface area (TPSA) is 20.2 Å². The molecule has 0 aliphatic rings. The van der Waals surface area contributed by atoms with Crippen LogP contribution in [-0.4, -0.2) is 5.11 Å². The highest BCUT2D eigenvalue weighted by Gasteiger charge is 2.15. The van der Waals surface area contributed by atoms with Crippen LogP contribution in [0, 0.1) is 19.7 Å². The highest BCUT2D eigenvalue weighted by Crippen LogP contribution is 2.36. The molecule has 3 heteroatoms. The molecule has 19 heavy (non-hydrogen) atoms. The summed E-state index contributed by atoms with van der Waals surface area (Å²) >= 11 is 1.50. The predicted molar refractivity (Wildman–Crippen MR) is 77.1 cm³/mol. The molecule has 0 spiro atoms.